The summed E-state index contributed by atoms with van der Waals surface area (Å²) < 4.78 is 0. The summed E-state index contributed by atoms with van der Waals surface area (Å²) in [6.07, 6.45) is 5.76. The number of hydrogen-bond acceptors (Lipinski definition) is 3. The Hall–Kier alpha value is -0.590. The molecular weight excluding hydrogens is 186 g/mol. The van der Waals surface area contributed by atoms with Crippen LogP contribution in [0.1, 0.15) is 46.0 Å². The van der Waals surface area contributed by atoms with Crippen LogP contribution in [0.15, 0.2) is 0 Å². The summed E-state index contributed by atoms with van der Waals surface area (Å²) >= 11 is 0. The molecule has 1 rings (SSSR count). The Balaban J connectivity index is 2.23. The number of rotatable bonds is 5. The third-order valence-corrected chi connectivity index (χ3v) is 3.37. The highest BCUT2D eigenvalue weighted by Crippen LogP contribution is 2.20. The molecule has 0 spiro atoms. The van der Waals surface area contributed by atoms with Crippen molar-refractivity contribution in [3.05, 3.63) is 0 Å². The first-order valence-electron chi connectivity index (χ1n) is 6.03. The summed E-state index contributed by atoms with van der Waals surface area (Å²) in [6.45, 7) is 6.40. The third kappa shape index (κ3) is 3.81. The van der Waals surface area contributed by atoms with E-state index in [1.807, 2.05) is 6.92 Å². The van der Waals surface area contributed by atoms with Crippen molar-refractivity contribution in [1.82, 2.24) is 4.90 Å². The molecule has 1 heterocycles. The Labute approximate surface area is 93.2 Å². The maximum atomic E-state index is 8.80. The molecule has 2 unspecified atom stereocenters. The largest absolute Gasteiger partial charge is 0.314 e. The normalized spacial score (nSPS) is 26.1. The summed E-state index contributed by atoms with van der Waals surface area (Å²) in [5.41, 5.74) is 5.15. The molecule has 1 aliphatic heterocycles. The van der Waals surface area contributed by atoms with Crippen LogP contribution in [-0.4, -0.2) is 29.6 Å². The van der Waals surface area contributed by atoms with E-state index >= 15 is 0 Å². The minimum absolute atomic E-state index is 0.637. The molecule has 1 fully saturated rings. The quantitative estimate of drug-likeness (QED) is 0.752. The van der Waals surface area contributed by atoms with Gasteiger partial charge in [0, 0.05) is 6.04 Å². The Kier molecular flexibility index (Phi) is 4.56. The first-order valence-corrected chi connectivity index (χ1v) is 6.03. The number of likely N-dealkylation sites (tertiary alicyclic amines) is 1. The van der Waals surface area contributed by atoms with Crippen LogP contribution >= 0.6 is 0 Å². The van der Waals surface area contributed by atoms with Crippen LogP contribution < -0.4 is 5.73 Å². The van der Waals surface area contributed by atoms with E-state index in [4.69, 9.17) is 11.0 Å². The SMILES string of the molecule is CCC1CCCN1CCCC(C)(N)C#N. The van der Waals surface area contributed by atoms with Crippen LogP contribution in [0.5, 0.6) is 0 Å². The molecule has 15 heavy (non-hydrogen) atoms. The second-order valence-electron chi connectivity index (χ2n) is 4.87. The van der Waals surface area contributed by atoms with Gasteiger partial charge in [-0.25, -0.2) is 0 Å². The number of nitrogens with two attached hydrogens (primary N) is 1. The van der Waals surface area contributed by atoms with Gasteiger partial charge in [0.15, 0.2) is 0 Å². The van der Waals surface area contributed by atoms with E-state index in [1.54, 1.807) is 0 Å². The predicted octanol–water partition coefficient (Wildman–Crippen LogP) is 1.88. The lowest BCUT2D eigenvalue weighted by atomic mass is 9.99. The van der Waals surface area contributed by atoms with Gasteiger partial charge in [-0.05, 0) is 52.1 Å². The zero-order valence-electron chi connectivity index (χ0n) is 10.00. The van der Waals surface area contributed by atoms with Gasteiger partial charge in [-0.3, -0.25) is 0 Å². The summed E-state index contributed by atoms with van der Waals surface area (Å²) in [6, 6.07) is 2.93. The van der Waals surface area contributed by atoms with Crippen LogP contribution in [-0.2, 0) is 0 Å². The van der Waals surface area contributed by atoms with E-state index in [9.17, 15) is 0 Å². The summed E-state index contributed by atoms with van der Waals surface area (Å²) in [4.78, 5) is 2.55. The van der Waals surface area contributed by atoms with Gasteiger partial charge in [0.1, 0.15) is 5.54 Å². The minimum atomic E-state index is -0.637. The maximum absolute atomic E-state index is 8.80. The first-order chi connectivity index (χ1) is 7.09. The molecule has 0 aromatic heterocycles. The van der Waals surface area contributed by atoms with Crippen LogP contribution in [0.2, 0.25) is 0 Å². The van der Waals surface area contributed by atoms with Crippen molar-refractivity contribution in [2.45, 2.75) is 57.5 Å². The van der Waals surface area contributed by atoms with E-state index in [0.29, 0.717) is 0 Å². The molecule has 3 nitrogen and oxygen atoms in total. The smallest absolute Gasteiger partial charge is 0.101 e. The molecular formula is C12H23N3. The molecule has 0 radical (unpaired) electrons. The highest BCUT2D eigenvalue weighted by atomic mass is 15.2. The minimum Gasteiger partial charge on any atom is -0.314 e. The first kappa shape index (κ1) is 12.5. The van der Waals surface area contributed by atoms with Gasteiger partial charge in [0.05, 0.1) is 6.07 Å². The Morgan fingerprint density at radius 3 is 2.93 bits per heavy atom. The summed E-state index contributed by atoms with van der Waals surface area (Å²) in [5.74, 6) is 0. The highest BCUT2D eigenvalue weighted by Gasteiger charge is 2.23. The molecule has 0 amide bonds. The molecule has 2 atom stereocenters. The zero-order valence-corrected chi connectivity index (χ0v) is 10.00. The summed E-state index contributed by atoms with van der Waals surface area (Å²) in [7, 11) is 0. The molecule has 0 aromatic rings. The van der Waals surface area contributed by atoms with Crippen LogP contribution in [0.25, 0.3) is 0 Å². The van der Waals surface area contributed by atoms with E-state index in [2.05, 4.69) is 17.9 Å². The zero-order chi connectivity index (χ0) is 11.3. The predicted molar refractivity (Wildman–Crippen MR) is 62.3 cm³/mol. The fourth-order valence-corrected chi connectivity index (χ4v) is 2.36. The molecule has 0 aromatic carbocycles. The van der Waals surface area contributed by atoms with Crippen LogP contribution in [0, 0.1) is 11.3 Å². The molecule has 0 saturated carbocycles. The molecule has 3 heteroatoms. The van der Waals surface area contributed by atoms with E-state index in [0.717, 1.165) is 25.4 Å². The van der Waals surface area contributed by atoms with Crippen molar-refractivity contribution in [2.75, 3.05) is 13.1 Å². The lowest BCUT2D eigenvalue weighted by Crippen LogP contribution is -2.36. The van der Waals surface area contributed by atoms with Crippen LogP contribution in [0.4, 0.5) is 0 Å². The van der Waals surface area contributed by atoms with Crippen molar-refractivity contribution in [3.63, 3.8) is 0 Å². The van der Waals surface area contributed by atoms with Gasteiger partial charge < -0.3 is 10.6 Å². The lowest BCUT2D eigenvalue weighted by molar-refractivity contribution is 0.239. The van der Waals surface area contributed by atoms with Crippen molar-refractivity contribution >= 4 is 0 Å². The van der Waals surface area contributed by atoms with Gasteiger partial charge in [-0.2, -0.15) is 5.26 Å². The average molecular weight is 209 g/mol. The summed E-state index contributed by atoms with van der Waals surface area (Å²) in [5, 5.41) is 8.80. The van der Waals surface area contributed by atoms with Crippen molar-refractivity contribution < 1.29 is 0 Å². The third-order valence-electron chi connectivity index (χ3n) is 3.37. The monoisotopic (exact) mass is 209 g/mol. The van der Waals surface area contributed by atoms with Gasteiger partial charge >= 0.3 is 0 Å². The number of nitrogens with zero attached hydrogens (tertiary/aromatic N) is 2. The molecule has 86 valence electrons. The molecule has 0 bridgehead atoms. The second kappa shape index (κ2) is 5.48. The van der Waals surface area contributed by atoms with Crippen molar-refractivity contribution in [3.8, 4) is 6.07 Å². The Morgan fingerprint density at radius 2 is 2.33 bits per heavy atom. The second-order valence-corrected chi connectivity index (χ2v) is 4.87. The average Bonchev–Trinajstić information content (AvgIpc) is 2.65. The standard InChI is InChI=1S/C12H23N3/c1-3-11-6-4-8-15(11)9-5-7-12(2,14)10-13/h11H,3-9,14H2,1-2H3. The molecule has 0 aliphatic carbocycles. The van der Waals surface area contributed by atoms with Gasteiger partial charge in [-0.1, -0.05) is 6.92 Å². The molecule has 1 saturated heterocycles. The highest BCUT2D eigenvalue weighted by molar-refractivity contribution is 5.00. The molecule has 2 N–H and O–H groups in total. The Morgan fingerprint density at radius 1 is 1.60 bits per heavy atom. The van der Waals surface area contributed by atoms with Crippen molar-refractivity contribution in [2.24, 2.45) is 5.73 Å². The lowest BCUT2D eigenvalue weighted by Gasteiger charge is -2.24. The van der Waals surface area contributed by atoms with Gasteiger partial charge in [0.25, 0.3) is 0 Å². The Bertz CT molecular complexity index is 230. The van der Waals surface area contributed by atoms with E-state index in [1.165, 1.54) is 25.8 Å². The van der Waals surface area contributed by atoms with Gasteiger partial charge in [0.2, 0.25) is 0 Å². The number of hydrogen-bond donors (Lipinski definition) is 1. The number of nitriles is 1. The molecule has 1 aliphatic rings. The van der Waals surface area contributed by atoms with E-state index < -0.39 is 5.54 Å². The topological polar surface area (TPSA) is 53.0 Å². The van der Waals surface area contributed by atoms with Crippen LogP contribution in [0.3, 0.4) is 0 Å². The van der Waals surface area contributed by atoms with E-state index in [-0.39, 0.29) is 0 Å². The van der Waals surface area contributed by atoms with Crippen molar-refractivity contribution in [1.29, 1.82) is 5.26 Å². The van der Waals surface area contributed by atoms with Gasteiger partial charge in [-0.15, -0.1) is 0 Å². The maximum Gasteiger partial charge on any atom is 0.101 e. The fraction of sp³-hybridized carbons (Fsp3) is 0.917. The fourth-order valence-electron chi connectivity index (χ4n) is 2.36.